The quantitative estimate of drug-likeness (QED) is 0.764. The van der Waals surface area contributed by atoms with Gasteiger partial charge in [0, 0.05) is 9.61 Å². The molecular weight excluding hydrogens is 361 g/mol. The molecule has 0 fully saturated rings. The maximum Gasteiger partial charge on any atom is 0.130 e. The van der Waals surface area contributed by atoms with Crippen LogP contribution < -0.4 is 10.5 Å². The Hall–Kier alpha value is -1.07. The second kappa shape index (κ2) is 7.09. The van der Waals surface area contributed by atoms with E-state index in [0.29, 0.717) is 0 Å². The van der Waals surface area contributed by atoms with Gasteiger partial charge in [-0.3, -0.25) is 0 Å². The van der Waals surface area contributed by atoms with Gasteiger partial charge in [0.25, 0.3) is 0 Å². The maximum atomic E-state index is 6.08. The third kappa shape index (κ3) is 4.21. The molecule has 2 aromatic carbocycles. The van der Waals surface area contributed by atoms with E-state index in [0.717, 1.165) is 24.3 Å². The van der Waals surface area contributed by atoms with Crippen molar-refractivity contribution in [2.75, 3.05) is 0 Å². The molecule has 2 nitrogen and oxygen atoms in total. The summed E-state index contributed by atoms with van der Waals surface area (Å²) in [6.45, 7) is 4.21. The van der Waals surface area contributed by atoms with E-state index >= 15 is 0 Å². The average Bonchev–Trinajstić information content (AvgIpc) is 2.42. The van der Waals surface area contributed by atoms with Crippen LogP contribution in [0.25, 0.3) is 0 Å². The van der Waals surface area contributed by atoms with Crippen LogP contribution in [-0.2, 0) is 6.42 Å². The molecule has 2 N–H and O–H groups in total. The summed E-state index contributed by atoms with van der Waals surface area (Å²) >= 11 is 2.29. The summed E-state index contributed by atoms with van der Waals surface area (Å²) in [4.78, 5) is 0. The predicted molar refractivity (Wildman–Crippen MR) is 92.4 cm³/mol. The fourth-order valence-corrected chi connectivity index (χ4v) is 2.57. The van der Waals surface area contributed by atoms with Gasteiger partial charge in [-0.2, -0.15) is 0 Å². The van der Waals surface area contributed by atoms with E-state index in [1.54, 1.807) is 0 Å². The maximum absolute atomic E-state index is 6.08. The summed E-state index contributed by atoms with van der Waals surface area (Å²) in [6, 6.07) is 14.5. The molecule has 0 aliphatic rings. The van der Waals surface area contributed by atoms with Crippen LogP contribution in [0.2, 0.25) is 0 Å². The standard InChI is InChI=1S/C17H20INO/c1-3-15(19)10-13-9-12(2)7-8-17(13)20-16-6-4-5-14(18)11-16/h4-9,11,15H,3,10,19H2,1-2H3. The monoisotopic (exact) mass is 381 g/mol. The zero-order chi connectivity index (χ0) is 14.5. The molecular formula is C17H20INO. The van der Waals surface area contributed by atoms with Gasteiger partial charge >= 0.3 is 0 Å². The second-order valence-corrected chi connectivity index (χ2v) is 6.29. The Labute approximate surface area is 134 Å². The molecule has 0 saturated heterocycles. The van der Waals surface area contributed by atoms with Crippen molar-refractivity contribution in [1.82, 2.24) is 0 Å². The van der Waals surface area contributed by atoms with Crippen molar-refractivity contribution in [2.45, 2.75) is 32.7 Å². The molecule has 2 rings (SSSR count). The number of nitrogens with two attached hydrogens (primary N) is 1. The zero-order valence-corrected chi connectivity index (χ0v) is 14.1. The molecule has 0 bridgehead atoms. The van der Waals surface area contributed by atoms with Crippen molar-refractivity contribution < 1.29 is 4.74 Å². The minimum atomic E-state index is 0.176. The Morgan fingerprint density at radius 1 is 1.20 bits per heavy atom. The normalized spacial score (nSPS) is 12.2. The van der Waals surface area contributed by atoms with E-state index in [1.165, 1.54) is 14.7 Å². The summed E-state index contributed by atoms with van der Waals surface area (Å²) < 4.78 is 7.20. The lowest BCUT2D eigenvalue weighted by Crippen LogP contribution is -2.21. The van der Waals surface area contributed by atoms with Gasteiger partial charge in [-0.15, -0.1) is 0 Å². The highest BCUT2D eigenvalue weighted by atomic mass is 127. The molecule has 3 heteroatoms. The van der Waals surface area contributed by atoms with Crippen LogP contribution in [0, 0.1) is 10.5 Å². The summed E-state index contributed by atoms with van der Waals surface area (Å²) in [5.41, 5.74) is 8.50. The molecule has 0 heterocycles. The Morgan fingerprint density at radius 3 is 2.70 bits per heavy atom. The zero-order valence-electron chi connectivity index (χ0n) is 11.9. The Bertz CT molecular complexity index is 583. The van der Waals surface area contributed by atoms with Crippen molar-refractivity contribution in [1.29, 1.82) is 0 Å². The van der Waals surface area contributed by atoms with Crippen molar-refractivity contribution in [3.63, 3.8) is 0 Å². The highest BCUT2D eigenvalue weighted by Crippen LogP contribution is 2.28. The SMILES string of the molecule is CCC(N)Cc1cc(C)ccc1Oc1cccc(I)c1. The van der Waals surface area contributed by atoms with Crippen LogP contribution in [0.3, 0.4) is 0 Å². The summed E-state index contributed by atoms with van der Waals surface area (Å²) in [5, 5.41) is 0. The minimum absolute atomic E-state index is 0.176. The van der Waals surface area contributed by atoms with Crippen molar-refractivity contribution in [3.8, 4) is 11.5 Å². The number of benzene rings is 2. The second-order valence-electron chi connectivity index (χ2n) is 5.04. The molecule has 0 saturated carbocycles. The van der Waals surface area contributed by atoms with Crippen LogP contribution >= 0.6 is 22.6 Å². The summed E-state index contributed by atoms with van der Waals surface area (Å²) in [5.74, 6) is 1.77. The van der Waals surface area contributed by atoms with Crippen molar-refractivity contribution >= 4 is 22.6 Å². The van der Waals surface area contributed by atoms with Crippen LogP contribution in [0.1, 0.15) is 24.5 Å². The lowest BCUT2D eigenvalue weighted by Gasteiger charge is -2.15. The fourth-order valence-electron chi connectivity index (χ4n) is 2.05. The largest absolute Gasteiger partial charge is 0.457 e. The van der Waals surface area contributed by atoms with Gasteiger partial charge in [0.2, 0.25) is 0 Å². The number of hydrogen-bond donors (Lipinski definition) is 1. The first kappa shape index (κ1) is 15.3. The third-order valence-corrected chi connectivity index (χ3v) is 3.92. The first-order valence-corrected chi connectivity index (χ1v) is 7.95. The molecule has 0 aliphatic heterocycles. The molecule has 2 aromatic rings. The molecule has 0 spiro atoms. The molecule has 20 heavy (non-hydrogen) atoms. The van der Waals surface area contributed by atoms with E-state index < -0.39 is 0 Å². The smallest absolute Gasteiger partial charge is 0.130 e. The van der Waals surface area contributed by atoms with E-state index in [-0.39, 0.29) is 6.04 Å². The van der Waals surface area contributed by atoms with Gasteiger partial charge in [0.05, 0.1) is 0 Å². The summed E-state index contributed by atoms with van der Waals surface area (Å²) in [7, 11) is 0. The van der Waals surface area contributed by atoms with Crippen molar-refractivity contribution in [3.05, 3.63) is 57.2 Å². The molecule has 0 radical (unpaired) electrons. The highest BCUT2D eigenvalue weighted by molar-refractivity contribution is 14.1. The van der Waals surface area contributed by atoms with Crippen LogP contribution in [0.5, 0.6) is 11.5 Å². The highest BCUT2D eigenvalue weighted by Gasteiger charge is 2.09. The number of hydrogen-bond acceptors (Lipinski definition) is 2. The Morgan fingerprint density at radius 2 is 2.00 bits per heavy atom. The molecule has 0 aliphatic carbocycles. The topological polar surface area (TPSA) is 35.2 Å². The first-order chi connectivity index (χ1) is 9.58. The molecule has 106 valence electrons. The third-order valence-electron chi connectivity index (χ3n) is 3.25. The van der Waals surface area contributed by atoms with E-state index in [1.807, 2.05) is 24.3 Å². The molecule has 0 amide bonds. The van der Waals surface area contributed by atoms with Crippen molar-refractivity contribution in [2.24, 2.45) is 5.73 Å². The summed E-state index contributed by atoms with van der Waals surface area (Å²) in [6.07, 6.45) is 1.81. The van der Waals surface area contributed by atoms with E-state index in [4.69, 9.17) is 10.5 Å². The lowest BCUT2D eigenvalue weighted by atomic mass is 10.0. The average molecular weight is 381 g/mol. The Kier molecular flexibility index (Phi) is 5.43. The fraction of sp³-hybridized carbons (Fsp3) is 0.294. The predicted octanol–water partition coefficient (Wildman–Crippen LogP) is 4.67. The number of ether oxygens (including phenoxy) is 1. The number of rotatable bonds is 5. The van der Waals surface area contributed by atoms with Crippen LogP contribution in [0.4, 0.5) is 0 Å². The van der Waals surface area contributed by atoms with Crippen LogP contribution in [-0.4, -0.2) is 6.04 Å². The number of aryl methyl sites for hydroxylation is 1. The van der Waals surface area contributed by atoms with Gasteiger partial charge in [-0.05, 0) is 72.2 Å². The molecule has 1 atom stereocenters. The number of halogens is 1. The van der Waals surface area contributed by atoms with Gasteiger partial charge in [0.15, 0.2) is 0 Å². The van der Waals surface area contributed by atoms with Gasteiger partial charge in [0.1, 0.15) is 11.5 Å². The van der Waals surface area contributed by atoms with Gasteiger partial charge in [-0.25, -0.2) is 0 Å². The minimum Gasteiger partial charge on any atom is -0.457 e. The van der Waals surface area contributed by atoms with E-state index in [2.05, 4.69) is 54.6 Å². The van der Waals surface area contributed by atoms with Gasteiger partial charge in [-0.1, -0.05) is 30.7 Å². The van der Waals surface area contributed by atoms with Crippen LogP contribution in [0.15, 0.2) is 42.5 Å². The molecule has 0 aromatic heterocycles. The van der Waals surface area contributed by atoms with E-state index in [9.17, 15) is 0 Å². The Balaban J connectivity index is 2.26. The van der Waals surface area contributed by atoms with Gasteiger partial charge < -0.3 is 10.5 Å². The molecule has 1 unspecified atom stereocenters. The first-order valence-electron chi connectivity index (χ1n) is 6.87. The lowest BCUT2D eigenvalue weighted by molar-refractivity contribution is 0.471.